The van der Waals surface area contributed by atoms with Crippen LogP contribution in [0.15, 0.2) is 0 Å². The highest BCUT2D eigenvalue weighted by Gasteiger charge is 2.21. The first-order valence-corrected chi connectivity index (χ1v) is 3.75. The van der Waals surface area contributed by atoms with Gasteiger partial charge in [0.05, 0.1) is 17.9 Å². The van der Waals surface area contributed by atoms with Gasteiger partial charge in [-0.25, -0.2) is 0 Å². The number of carbonyl (C=O) groups is 1. The van der Waals surface area contributed by atoms with Gasteiger partial charge in [-0.1, -0.05) is 20.3 Å². The summed E-state index contributed by atoms with van der Waals surface area (Å²) < 4.78 is 0. The van der Waals surface area contributed by atoms with Crippen LogP contribution in [0.1, 0.15) is 26.7 Å². The van der Waals surface area contributed by atoms with Crippen LogP contribution in [0.4, 0.5) is 0 Å². The van der Waals surface area contributed by atoms with E-state index >= 15 is 0 Å². The zero-order valence-electron chi connectivity index (χ0n) is 6.87. The van der Waals surface area contributed by atoms with Gasteiger partial charge in [-0.2, -0.15) is 5.26 Å². The molecular weight excluding hydrogens is 142 g/mol. The average Bonchev–Trinajstić information content (AvgIpc) is 1.98. The first-order valence-electron chi connectivity index (χ1n) is 3.75. The van der Waals surface area contributed by atoms with Crippen molar-refractivity contribution in [2.75, 3.05) is 0 Å². The Bertz CT molecular complexity index is 171. The minimum absolute atomic E-state index is 0.336. The summed E-state index contributed by atoms with van der Waals surface area (Å²) in [5.74, 6) is -1.76. The molecule has 2 atom stereocenters. The molecule has 0 aromatic carbocycles. The van der Waals surface area contributed by atoms with Gasteiger partial charge < -0.3 is 5.11 Å². The first kappa shape index (κ1) is 9.96. The second-order valence-corrected chi connectivity index (χ2v) is 2.65. The highest BCUT2D eigenvalue weighted by Crippen LogP contribution is 2.16. The Labute approximate surface area is 66.6 Å². The molecule has 0 rings (SSSR count). The van der Waals surface area contributed by atoms with Crippen LogP contribution in [-0.4, -0.2) is 11.1 Å². The van der Waals surface area contributed by atoms with Crippen molar-refractivity contribution >= 4 is 5.97 Å². The van der Waals surface area contributed by atoms with Crippen LogP contribution >= 0.6 is 0 Å². The maximum absolute atomic E-state index is 10.4. The van der Waals surface area contributed by atoms with E-state index in [2.05, 4.69) is 0 Å². The Morgan fingerprint density at radius 2 is 2.27 bits per heavy atom. The van der Waals surface area contributed by atoms with Crippen LogP contribution in [0.25, 0.3) is 0 Å². The van der Waals surface area contributed by atoms with Crippen LogP contribution in [-0.2, 0) is 4.79 Å². The minimum Gasteiger partial charge on any atom is -0.481 e. The molecule has 3 nitrogen and oxygen atoms in total. The highest BCUT2D eigenvalue weighted by molar-refractivity contribution is 5.70. The molecule has 0 aliphatic heterocycles. The van der Waals surface area contributed by atoms with E-state index < -0.39 is 11.9 Å². The predicted molar refractivity (Wildman–Crippen MR) is 40.8 cm³/mol. The quantitative estimate of drug-likeness (QED) is 0.671. The summed E-state index contributed by atoms with van der Waals surface area (Å²) in [7, 11) is 0. The number of carboxylic acid groups (broad SMARTS) is 1. The van der Waals surface area contributed by atoms with Crippen molar-refractivity contribution in [3.8, 4) is 6.07 Å². The van der Waals surface area contributed by atoms with Gasteiger partial charge in [0.25, 0.3) is 0 Å². The van der Waals surface area contributed by atoms with E-state index in [4.69, 9.17) is 10.4 Å². The van der Waals surface area contributed by atoms with Crippen LogP contribution in [0, 0.1) is 23.2 Å². The van der Waals surface area contributed by atoms with Crippen molar-refractivity contribution in [3.63, 3.8) is 0 Å². The molecule has 3 heteroatoms. The summed E-state index contributed by atoms with van der Waals surface area (Å²) in [6.07, 6.45) is 1.53. The number of nitrogens with zero attached hydrogens (tertiary/aromatic N) is 1. The predicted octanol–water partition coefficient (Wildman–Crippen LogP) is 1.65. The van der Waals surface area contributed by atoms with Gasteiger partial charge >= 0.3 is 5.97 Å². The Morgan fingerprint density at radius 3 is 2.55 bits per heavy atom. The van der Waals surface area contributed by atoms with Gasteiger partial charge in [-0.05, 0) is 6.42 Å². The summed E-state index contributed by atoms with van der Waals surface area (Å²) in [5, 5.41) is 17.1. The number of rotatable bonds is 4. The standard InChI is InChI=1S/C8H13NO2/c1-3-4-7(5-9)6(2)8(10)11/h6-7H,3-4H2,1-2H3,(H,10,11)/t6-,7+/m0/s1. The van der Waals surface area contributed by atoms with Crippen LogP contribution in [0.5, 0.6) is 0 Å². The van der Waals surface area contributed by atoms with Gasteiger partial charge in [0.1, 0.15) is 0 Å². The number of hydrogen-bond acceptors (Lipinski definition) is 2. The lowest BCUT2D eigenvalue weighted by Gasteiger charge is -2.11. The van der Waals surface area contributed by atoms with E-state index in [-0.39, 0.29) is 5.92 Å². The third kappa shape index (κ3) is 3.03. The lowest BCUT2D eigenvalue weighted by atomic mass is 9.91. The SMILES string of the molecule is CCC[C@H](C#N)[C@H](C)C(=O)O. The minimum atomic E-state index is -0.884. The van der Waals surface area contributed by atoms with Crippen LogP contribution in [0.2, 0.25) is 0 Å². The topological polar surface area (TPSA) is 61.1 Å². The van der Waals surface area contributed by atoms with E-state index in [1.165, 1.54) is 0 Å². The molecule has 0 aliphatic carbocycles. The second-order valence-electron chi connectivity index (χ2n) is 2.65. The molecule has 0 heterocycles. The molecule has 0 saturated heterocycles. The normalized spacial score (nSPS) is 15.0. The van der Waals surface area contributed by atoms with Crippen LogP contribution < -0.4 is 0 Å². The third-order valence-corrected chi connectivity index (χ3v) is 1.76. The molecule has 62 valence electrons. The Balaban J connectivity index is 4.05. The summed E-state index contributed by atoms with van der Waals surface area (Å²) in [6.45, 7) is 3.52. The molecular formula is C8H13NO2. The van der Waals surface area contributed by atoms with E-state index in [0.29, 0.717) is 6.42 Å². The maximum atomic E-state index is 10.4. The molecule has 0 aromatic rings. The van der Waals surface area contributed by atoms with Crippen LogP contribution in [0.3, 0.4) is 0 Å². The first-order chi connectivity index (χ1) is 5.13. The molecule has 0 spiro atoms. The fourth-order valence-corrected chi connectivity index (χ4v) is 0.909. The van der Waals surface area contributed by atoms with E-state index in [9.17, 15) is 4.79 Å². The van der Waals surface area contributed by atoms with Crippen molar-refractivity contribution in [3.05, 3.63) is 0 Å². The molecule has 0 aromatic heterocycles. The number of nitriles is 1. The zero-order chi connectivity index (χ0) is 8.85. The largest absolute Gasteiger partial charge is 0.481 e. The molecule has 1 N–H and O–H groups in total. The lowest BCUT2D eigenvalue weighted by Crippen LogP contribution is -2.19. The van der Waals surface area contributed by atoms with E-state index in [1.54, 1.807) is 6.92 Å². The smallest absolute Gasteiger partial charge is 0.307 e. The Kier molecular flexibility index (Phi) is 4.28. The molecule has 0 amide bonds. The second kappa shape index (κ2) is 4.73. The van der Waals surface area contributed by atoms with Gasteiger partial charge in [0, 0.05) is 0 Å². The molecule has 0 aliphatic rings. The number of carboxylic acids is 1. The molecule has 0 unspecified atom stereocenters. The van der Waals surface area contributed by atoms with Crippen molar-refractivity contribution in [2.45, 2.75) is 26.7 Å². The Hall–Kier alpha value is -1.04. The fourth-order valence-electron chi connectivity index (χ4n) is 0.909. The monoisotopic (exact) mass is 155 g/mol. The van der Waals surface area contributed by atoms with Gasteiger partial charge in [-0.3, -0.25) is 4.79 Å². The maximum Gasteiger partial charge on any atom is 0.307 e. The van der Waals surface area contributed by atoms with Gasteiger partial charge in [-0.15, -0.1) is 0 Å². The number of aliphatic carboxylic acids is 1. The molecule has 0 saturated carbocycles. The van der Waals surface area contributed by atoms with E-state index in [0.717, 1.165) is 6.42 Å². The highest BCUT2D eigenvalue weighted by atomic mass is 16.4. The summed E-state index contributed by atoms with van der Waals surface area (Å²) in [5.41, 5.74) is 0. The Morgan fingerprint density at radius 1 is 1.73 bits per heavy atom. The molecule has 11 heavy (non-hydrogen) atoms. The average molecular weight is 155 g/mol. The zero-order valence-corrected chi connectivity index (χ0v) is 6.87. The summed E-state index contributed by atoms with van der Waals surface area (Å²) >= 11 is 0. The van der Waals surface area contributed by atoms with Gasteiger partial charge in [0.15, 0.2) is 0 Å². The fraction of sp³-hybridized carbons (Fsp3) is 0.750. The summed E-state index contributed by atoms with van der Waals surface area (Å²) in [4.78, 5) is 10.4. The van der Waals surface area contributed by atoms with Gasteiger partial charge in [0.2, 0.25) is 0 Å². The number of hydrogen-bond donors (Lipinski definition) is 1. The molecule has 0 radical (unpaired) electrons. The third-order valence-electron chi connectivity index (χ3n) is 1.76. The summed E-state index contributed by atoms with van der Waals surface area (Å²) in [6, 6.07) is 2.00. The molecule has 0 fully saturated rings. The lowest BCUT2D eigenvalue weighted by molar-refractivity contribution is -0.142. The van der Waals surface area contributed by atoms with Crippen molar-refractivity contribution in [1.82, 2.24) is 0 Å². The van der Waals surface area contributed by atoms with Crippen molar-refractivity contribution in [2.24, 2.45) is 11.8 Å². The van der Waals surface area contributed by atoms with Crippen molar-refractivity contribution < 1.29 is 9.90 Å². The van der Waals surface area contributed by atoms with E-state index in [1.807, 2.05) is 13.0 Å². The van der Waals surface area contributed by atoms with Crippen molar-refractivity contribution in [1.29, 1.82) is 5.26 Å². The molecule has 0 bridgehead atoms.